The molecule has 0 aromatic rings. The fourth-order valence-corrected chi connectivity index (χ4v) is 5.46. The van der Waals surface area contributed by atoms with Crippen LogP contribution in [0.1, 0.15) is 51.9 Å². The predicted molar refractivity (Wildman–Crippen MR) is 85.8 cm³/mol. The molecule has 4 aliphatic rings. The van der Waals surface area contributed by atoms with E-state index in [0.29, 0.717) is 19.8 Å². The van der Waals surface area contributed by atoms with Gasteiger partial charge in [-0.1, -0.05) is 0 Å². The van der Waals surface area contributed by atoms with E-state index in [0.717, 1.165) is 6.42 Å². The SMILES string of the molecule is CC(F)(F)CCOC(OC(=O)C12CC3CC(CC(O)(C3)C1)C2)(C(=O)O)C(F)(F)F. The topological polar surface area (TPSA) is 93.1 Å². The number of aliphatic hydroxyl groups is 1. The molecule has 4 fully saturated rings. The van der Waals surface area contributed by atoms with Crippen molar-refractivity contribution in [1.82, 2.24) is 0 Å². The van der Waals surface area contributed by atoms with Crippen molar-refractivity contribution in [2.75, 3.05) is 6.61 Å². The number of aliphatic carboxylic acids is 1. The van der Waals surface area contributed by atoms with Gasteiger partial charge < -0.3 is 19.7 Å². The maximum atomic E-state index is 13.6. The van der Waals surface area contributed by atoms with E-state index in [9.17, 15) is 41.8 Å². The molecule has 2 N–H and O–H groups in total. The maximum Gasteiger partial charge on any atom is 0.468 e. The molecule has 0 spiro atoms. The average molecular weight is 430 g/mol. The Bertz CT molecular complexity index is 673. The van der Waals surface area contributed by atoms with E-state index >= 15 is 0 Å². The Morgan fingerprint density at radius 1 is 1.07 bits per heavy atom. The number of ether oxygens (including phenoxy) is 2. The van der Waals surface area contributed by atoms with Crippen molar-refractivity contribution in [3.8, 4) is 0 Å². The number of halogens is 5. The lowest BCUT2D eigenvalue weighted by Crippen LogP contribution is -2.63. The average Bonchev–Trinajstić information content (AvgIpc) is 2.48. The summed E-state index contributed by atoms with van der Waals surface area (Å²) in [6, 6.07) is 0. The molecule has 3 unspecified atom stereocenters. The van der Waals surface area contributed by atoms with E-state index in [1.165, 1.54) is 0 Å². The first-order valence-corrected chi connectivity index (χ1v) is 9.38. The van der Waals surface area contributed by atoms with E-state index < -0.39 is 53.9 Å². The highest BCUT2D eigenvalue weighted by Crippen LogP contribution is 2.62. The van der Waals surface area contributed by atoms with E-state index in [-0.39, 0.29) is 31.1 Å². The Labute approximate surface area is 163 Å². The van der Waals surface area contributed by atoms with Crippen LogP contribution in [0.2, 0.25) is 0 Å². The van der Waals surface area contributed by atoms with Crippen molar-refractivity contribution in [1.29, 1.82) is 0 Å². The molecule has 0 radical (unpaired) electrons. The summed E-state index contributed by atoms with van der Waals surface area (Å²) in [4.78, 5) is 24.3. The van der Waals surface area contributed by atoms with Gasteiger partial charge in [0.25, 0.3) is 0 Å². The first-order chi connectivity index (χ1) is 13.1. The van der Waals surface area contributed by atoms with Crippen LogP contribution in [0.3, 0.4) is 0 Å². The third-order valence-electron chi connectivity index (χ3n) is 6.20. The molecule has 29 heavy (non-hydrogen) atoms. The van der Waals surface area contributed by atoms with Crippen molar-refractivity contribution in [2.24, 2.45) is 17.3 Å². The molecule has 0 heterocycles. The second kappa shape index (κ2) is 6.76. The molecular weight excluding hydrogens is 407 g/mol. The van der Waals surface area contributed by atoms with Gasteiger partial charge in [-0.2, -0.15) is 13.2 Å². The molecule has 166 valence electrons. The van der Waals surface area contributed by atoms with Gasteiger partial charge in [-0.3, -0.25) is 4.79 Å². The number of rotatable bonds is 7. The molecule has 4 saturated carbocycles. The highest BCUT2D eigenvalue weighted by Gasteiger charge is 2.69. The maximum absolute atomic E-state index is 13.6. The van der Waals surface area contributed by atoms with Gasteiger partial charge >= 0.3 is 23.9 Å². The highest BCUT2D eigenvalue weighted by molar-refractivity contribution is 5.84. The summed E-state index contributed by atoms with van der Waals surface area (Å²) in [6.45, 7) is -0.848. The largest absolute Gasteiger partial charge is 0.476 e. The summed E-state index contributed by atoms with van der Waals surface area (Å²) in [6.07, 6.45) is -5.03. The van der Waals surface area contributed by atoms with E-state index in [2.05, 4.69) is 9.47 Å². The van der Waals surface area contributed by atoms with Gasteiger partial charge in [-0.15, -0.1) is 0 Å². The van der Waals surface area contributed by atoms with Crippen molar-refractivity contribution in [3.63, 3.8) is 0 Å². The van der Waals surface area contributed by atoms with Crippen molar-refractivity contribution >= 4 is 11.9 Å². The monoisotopic (exact) mass is 430 g/mol. The zero-order valence-electron chi connectivity index (χ0n) is 15.7. The van der Waals surface area contributed by atoms with Crippen LogP contribution in [0.15, 0.2) is 0 Å². The Balaban J connectivity index is 1.85. The van der Waals surface area contributed by atoms with Gasteiger partial charge in [0.05, 0.1) is 17.6 Å². The standard InChI is InChI=1S/C18H23F5O6/c1-14(19,20)2-3-28-17(12(24)25,18(21,22)23)29-13(26)15-5-10-4-11(6-15)8-16(27,7-10)9-15/h10-11,27H,2-9H2,1H3,(H,24,25). The van der Waals surface area contributed by atoms with Crippen molar-refractivity contribution in [2.45, 2.75) is 75.4 Å². The first-order valence-electron chi connectivity index (χ1n) is 9.38. The number of alkyl halides is 5. The molecule has 0 saturated heterocycles. The number of carboxylic acids is 1. The summed E-state index contributed by atoms with van der Waals surface area (Å²) in [5.41, 5.74) is -2.64. The van der Waals surface area contributed by atoms with E-state index in [1.807, 2.05) is 0 Å². The molecule has 0 amide bonds. The lowest BCUT2D eigenvalue weighted by atomic mass is 9.48. The number of carbonyl (C=O) groups excluding carboxylic acids is 1. The third kappa shape index (κ3) is 4.08. The number of esters is 1. The number of carbonyl (C=O) groups is 2. The highest BCUT2D eigenvalue weighted by atomic mass is 19.4. The zero-order chi connectivity index (χ0) is 21.9. The van der Waals surface area contributed by atoms with Gasteiger partial charge in [0.15, 0.2) is 0 Å². The summed E-state index contributed by atoms with van der Waals surface area (Å²) in [7, 11) is 0. The molecule has 0 aromatic carbocycles. The Kier molecular flexibility index (Phi) is 5.18. The minimum atomic E-state index is -5.70. The van der Waals surface area contributed by atoms with Crippen molar-refractivity contribution < 1.29 is 51.2 Å². The normalized spacial score (nSPS) is 36.0. The van der Waals surface area contributed by atoms with Gasteiger partial charge in [-0.25, -0.2) is 13.6 Å². The van der Waals surface area contributed by atoms with Gasteiger partial charge in [0.2, 0.25) is 5.92 Å². The molecule has 6 nitrogen and oxygen atoms in total. The Hall–Kier alpha value is -1.49. The van der Waals surface area contributed by atoms with Crippen LogP contribution in [0.5, 0.6) is 0 Å². The van der Waals surface area contributed by atoms with Crippen LogP contribution in [-0.4, -0.2) is 52.2 Å². The summed E-state index contributed by atoms with van der Waals surface area (Å²) >= 11 is 0. The van der Waals surface area contributed by atoms with Crippen LogP contribution in [0, 0.1) is 17.3 Å². The number of carboxylic acid groups (broad SMARTS) is 1. The molecule has 4 bridgehead atoms. The molecule has 11 heteroatoms. The van der Waals surface area contributed by atoms with E-state index in [1.54, 1.807) is 0 Å². The minimum Gasteiger partial charge on any atom is -0.476 e. The second-order valence-electron chi connectivity index (χ2n) is 8.94. The lowest BCUT2D eigenvalue weighted by Gasteiger charge is -2.59. The summed E-state index contributed by atoms with van der Waals surface area (Å²) < 4.78 is 75.6. The van der Waals surface area contributed by atoms with Crippen LogP contribution in [-0.2, 0) is 19.1 Å². The Morgan fingerprint density at radius 3 is 2.03 bits per heavy atom. The fourth-order valence-electron chi connectivity index (χ4n) is 5.46. The summed E-state index contributed by atoms with van der Waals surface area (Å²) in [5.74, 6) is -12.0. The number of hydrogen-bond donors (Lipinski definition) is 2. The molecular formula is C18H23F5O6. The lowest BCUT2D eigenvalue weighted by molar-refractivity contribution is -0.359. The molecule has 4 rings (SSSR count). The minimum absolute atomic E-state index is 0.0707. The van der Waals surface area contributed by atoms with Gasteiger partial charge in [0, 0.05) is 6.42 Å². The van der Waals surface area contributed by atoms with Crippen LogP contribution < -0.4 is 0 Å². The first kappa shape index (κ1) is 22.2. The van der Waals surface area contributed by atoms with Gasteiger partial charge in [0.1, 0.15) is 0 Å². The van der Waals surface area contributed by atoms with E-state index in [4.69, 9.17) is 0 Å². The number of hydrogen-bond acceptors (Lipinski definition) is 5. The fraction of sp³-hybridized carbons (Fsp3) is 0.889. The van der Waals surface area contributed by atoms with Crippen molar-refractivity contribution in [3.05, 3.63) is 0 Å². The Morgan fingerprint density at radius 2 is 1.62 bits per heavy atom. The molecule has 0 aliphatic heterocycles. The smallest absolute Gasteiger partial charge is 0.468 e. The quantitative estimate of drug-likeness (QED) is 0.366. The predicted octanol–water partition coefficient (Wildman–Crippen LogP) is 3.27. The zero-order valence-corrected chi connectivity index (χ0v) is 15.7. The second-order valence-corrected chi connectivity index (χ2v) is 8.94. The molecule has 3 atom stereocenters. The molecule has 0 aromatic heterocycles. The van der Waals surface area contributed by atoms with Crippen LogP contribution in [0.4, 0.5) is 22.0 Å². The third-order valence-corrected chi connectivity index (χ3v) is 6.20. The van der Waals surface area contributed by atoms with Crippen LogP contribution in [0.25, 0.3) is 0 Å². The van der Waals surface area contributed by atoms with Crippen LogP contribution >= 0.6 is 0 Å². The van der Waals surface area contributed by atoms with Gasteiger partial charge in [-0.05, 0) is 57.3 Å². The summed E-state index contributed by atoms with van der Waals surface area (Å²) in [5, 5.41) is 19.9. The molecule has 4 aliphatic carbocycles.